The van der Waals surface area contributed by atoms with Gasteiger partial charge in [-0.25, -0.2) is 0 Å². The van der Waals surface area contributed by atoms with Gasteiger partial charge in [-0.3, -0.25) is 0 Å². The summed E-state index contributed by atoms with van der Waals surface area (Å²) in [7, 11) is 1.74. The van der Waals surface area contributed by atoms with Crippen LogP contribution in [0, 0.1) is 0 Å². The first kappa shape index (κ1) is 13.7. The molecule has 0 fully saturated rings. The first-order chi connectivity index (χ1) is 9.88. The van der Waals surface area contributed by atoms with E-state index < -0.39 is 0 Å². The molecule has 3 rings (SSSR count). The smallest absolute Gasteiger partial charge is 0.122 e. The highest BCUT2D eigenvalue weighted by Crippen LogP contribution is 2.33. The Morgan fingerprint density at radius 1 is 1.30 bits per heavy atom. The van der Waals surface area contributed by atoms with Crippen LogP contribution in [0.3, 0.4) is 0 Å². The van der Waals surface area contributed by atoms with Crippen LogP contribution in [0.25, 0.3) is 0 Å². The molecule has 106 valence electrons. The molecule has 0 aliphatic heterocycles. The second-order valence-electron chi connectivity index (χ2n) is 5.26. The van der Waals surface area contributed by atoms with Gasteiger partial charge in [-0.05, 0) is 60.9 Å². The number of nitrogens with one attached hydrogen (secondary N) is 1. The Morgan fingerprint density at radius 3 is 3.10 bits per heavy atom. The number of ether oxygens (including phenoxy) is 1. The first-order valence-corrected chi connectivity index (χ1v) is 8.18. The van der Waals surface area contributed by atoms with E-state index in [1.54, 1.807) is 12.0 Å². The van der Waals surface area contributed by atoms with Crippen LogP contribution in [0.1, 0.15) is 34.9 Å². The molecule has 0 saturated carbocycles. The van der Waals surface area contributed by atoms with Crippen molar-refractivity contribution in [2.45, 2.75) is 31.7 Å². The second-order valence-corrected chi connectivity index (χ2v) is 6.26. The molecule has 2 aromatic rings. The number of thiophene rings is 1. The van der Waals surface area contributed by atoms with Crippen LogP contribution in [0.2, 0.25) is 0 Å². The third kappa shape index (κ3) is 2.89. The van der Waals surface area contributed by atoms with Crippen molar-refractivity contribution in [2.24, 2.45) is 0 Å². The lowest BCUT2D eigenvalue weighted by Gasteiger charge is -2.24. The summed E-state index contributed by atoms with van der Waals surface area (Å²) in [5.41, 5.74) is 2.81. The topological polar surface area (TPSA) is 21.3 Å². The second kappa shape index (κ2) is 6.42. The number of methoxy groups -OCH3 is 1. The molecule has 0 amide bonds. The molecule has 20 heavy (non-hydrogen) atoms. The summed E-state index contributed by atoms with van der Waals surface area (Å²) in [6.45, 7) is 1.00. The van der Waals surface area contributed by atoms with E-state index in [1.165, 1.54) is 30.4 Å². The average Bonchev–Trinajstić information content (AvgIpc) is 2.97. The van der Waals surface area contributed by atoms with Gasteiger partial charge in [0.2, 0.25) is 0 Å². The monoisotopic (exact) mass is 287 g/mol. The third-order valence-corrected chi connectivity index (χ3v) is 5.03. The van der Waals surface area contributed by atoms with Crippen LogP contribution in [-0.2, 0) is 12.8 Å². The van der Waals surface area contributed by atoms with Crippen LogP contribution >= 0.6 is 11.3 Å². The van der Waals surface area contributed by atoms with E-state index in [4.69, 9.17) is 4.74 Å². The number of hydrogen-bond acceptors (Lipinski definition) is 3. The zero-order valence-electron chi connectivity index (χ0n) is 11.9. The molecule has 1 N–H and O–H groups in total. The molecule has 0 spiro atoms. The zero-order chi connectivity index (χ0) is 13.8. The van der Waals surface area contributed by atoms with Gasteiger partial charge in [-0.1, -0.05) is 18.2 Å². The van der Waals surface area contributed by atoms with E-state index in [0.29, 0.717) is 6.04 Å². The number of fused-ring (bicyclic) bond motifs is 1. The van der Waals surface area contributed by atoms with Gasteiger partial charge in [0.05, 0.1) is 7.11 Å². The van der Waals surface area contributed by atoms with Crippen LogP contribution in [0.4, 0.5) is 0 Å². The van der Waals surface area contributed by atoms with Crippen LogP contribution in [0.5, 0.6) is 5.75 Å². The molecule has 1 atom stereocenters. The van der Waals surface area contributed by atoms with Gasteiger partial charge in [0.1, 0.15) is 5.75 Å². The van der Waals surface area contributed by atoms with Gasteiger partial charge in [0, 0.05) is 10.9 Å². The minimum Gasteiger partial charge on any atom is -0.496 e. The number of para-hydroxylation sites is 1. The molecular weight excluding hydrogens is 266 g/mol. The lowest BCUT2D eigenvalue weighted by atomic mass is 9.94. The Labute approximate surface area is 124 Å². The Kier molecular flexibility index (Phi) is 4.38. The Hall–Kier alpha value is -1.32. The van der Waals surface area contributed by atoms with E-state index >= 15 is 0 Å². The Balaban J connectivity index is 1.59. The zero-order valence-corrected chi connectivity index (χ0v) is 12.7. The normalized spacial score (nSPS) is 17.8. The molecule has 1 aromatic heterocycles. The minimum absolute atomic E-state index is 0.541. The number of aryl methyl sites for hydroxylation is 1. The molecule has 1 aromatic carbocycles. The first-order valence-electron chi connectivity index (χ1n) is 7.30. The van der Waals surface area contributed by atoms with Gasteiger partial charge < -0.3 is 10.1 Å². The van der Waals surface area contributed by atoms with Crippen molar-refractivity contribution in [3.63, 3.8) is 0 Å². The van der Waals surface area contributed by atoms with Crippen molar-refractivity contribution in [3.8, 4) is 5.75 Å². The summed E-state index contributed by atoms with van der Waals surface area (Å²) >= 11 is 1.91. The summed E-state index contributed by atoms with van der Waals surface area (Å²) in [5, 5.41) is 5.94. The lowest BCUT2D eigenvalue weighted by Crippen LogP contribution is -2.26. The van der Waals surface area contributed by atoms with E-state index in [-0.39, 0.29) is 0 Å². The van der Waals surface area contributed by atoms with Crippen molar-refractivity contribution < 1.29 is 4.74 Å². The van der Waals surface area contributed by atoms with Crippen molar-refractivity contribution in [1.82, 2.24) is 5.32 Å². The van der Waals surface area contributed by atoms with Gasteiger partial charge in [-0.15, -0.1) is 11.3 Å². The van der Waals surface area contributed by atoms with Crippen molar-refractivity contribution >= 4 is 11.3 Å². The fraction of sp³-hybridized carbons (Fsp3) is 0.412. The van der Waals surface area contributed by atoms with Gasteiger partial charge >= 0.3 is 0 Å². The molecule has 1 unspecified atom stereocenters. The molecule has 1 heterocycles. The molecule has 0 bridgehead atoms. The van der Waals surface area contributed by atoms with Crippen molar-refractivity contribution in [3.05, 3.63) is 51.7 Å². The summed E-state index contributed by atoms with van der Waals surface area (Å²) < 4.78 is 5.41. The van der Waals surface area contributed by atoms with Crippen molar-refractivity contribution in [2.75, 3.05) is 13.7 Å². The highest BCUT2D eigenvalue weighted by molar-refractivity contribution is 7.10. The third-order valence-electron chi connectivity index (χ3n) is 4.03. The summed E-state index contributed by atoms with van der Waals surface area (Å²) in [4.78, 5) is 1.58. The molecule has 0 saturated heterocycles. The minimum atomic E-state index is 0.541. The fourth-order valence-corrected chi connectivity index (χ4v) is 3.98. The Bertz CT molecular complexity index is 564. The Morgan fingerprint density at radius 2 is 2.20 bits per heavy atom. The lowest BCUT2D eigenvalue weighted by molar-refractivity contribution is 0.407. The van der Waals surface area contributed by atoms with E-state index in [2.05, 4.69) is 28.9 Å². The number of benzene rings is 1. The molecular formula is C17H21NOS. The number of hydrogen-bond donors (Lipinski definition) is 1. The average molecular weight is 287 g/mol. The van der Waals surface area contributed by atoms with Gasteiger partial charge in [0.15, 0.2) is 0 Å². The molecule has 1 aliphatic rings. The van der Waals surface area contributed by atoms with Crippen LogP contribution in [0.15, 0.2) is 35.7 Å². The molecule has 1 aliphatic carbocycles. The molecule has 3 heteroatoms. The SMILES string of the molecule is COc1ccccc1CCNC1CCCc2sccc21. The summed E-state index contributed by atoms with van der Waals surface area (Å²) in [6, 6.07) is 11.1. The number of rotatable bonds is 5. The quantitative estimate of drug-likeness (QED) is 0.898. The standard InChI is InChI=1S/C17H21NOS/c1-19-16-7-3-2-5-13(16)9-11-18-15-6-4-8-17-14(15)10-12-20-17/h2-3,5,7,10,12,15,18H,4,6,8-9,11H2,1H3. The van der Waals surface area contributed by atoms with E-state index in [0.717, 1.165) is 18.7 Å². The van der Waals surface area contributed by atoms with Crippen LogP contribution in [-0.4, -0.2) is 13.7 Å². The highest BCUT2D eigenvalue weighted by Gasteiger charge is 2.20. The molecule has 2 nitrogen and oxygen atoms in total. The highest BCUT2D eigenvalue weighted by atomic mass is 32.1. The predicted octanol–water partition coefficient (Wildman–Crippen LogP) is 3.97. The van der Waals surface area contributed by atoms with Crippen molar-refractivity contribution in [1.29, 1.82) is 0 Å². The van der Waals surface area contributed by atoms with E-state index in [1.807, 2.05) is 23.5 Å². The summed E-state index contributed by atoms with van der Waals surface area (Å²) in [5.74, 6) is 0.995. The van der Waals surface area contributed by atoms with Gasteiger partial charge in [0.25, 0.3) is 0 Å². The van der Waals surface area contributed by atoms with E-state index in [9.17, 15) is 0 Å². The maximum atomic E-state index is 5.41. The van der Waals surface area contributed by atoms with Gasteiger partial charge in [-0.2, -0.15) is 0 Å². The maximum Gasteiger partial charge on any atom is 0.122 e. The largest absolute Gasteiger partial charge is 0.496 e. The predicted molar refractivity (Wildman–Crippen MR) is 84.7 cm³/mol. The maximum absolute atomic E-state index is 5.41. The van der Waals surface area contributed by atoms with Crippen LogP contribution < -0.4 is 10.1 Å². The molecule has 0 radical (unpaired) electrons. The fourth-order valence-electron chi connectivity index (χ4n) is 2.99. The summed E-state index contributed by atoms with van der Waals surface area (Å²) in [6.07, 6.45) is 4.84.